The van der Waals surface area contributed by atoms with Crippen molar-refractivity contribution in [1.82, 2.24) is 5.32 Å². The monoisotopic (exact) mass is 257 g/mol. The summed E-state index contributed by atoms with van der Waals surface area (Å²) in [6, 6.07) is 3.20. The van der Waals surface area contributed by atoms with Crippen LogP contribution in [0.1, 0.15) is 38.8 Å². The Hall–Kier alpha value is -1.00. The van der Waals surface area contributed by atoms with Crippen LogP contribution in [0, 0.1) is 17.0 Å². The van der Waals surface area contributed by atoms with E-state index >= 15 is 0 Å². The van der Waals surface area contributed by atoms with Gasteiger partial charge in [-0.2, -0.15) is 0 Å². The predicted molar refractivity (Wildman–Crippen MR) is 68.3 cm³/mol. The molecular formula is C14H21F2NO. The number of benzene rings is 1. The van der Waals surface area contributed by atoms with E-state index in [1.54, 1.807) is 6.92 Å². The molecule has 1 aromatic rings. The van der Waals surface area contributed by atoms with Crippen molar-refractivity contribution in [3.05, 3.63) is 35.4 Å². The SMILES string of the molecule is CC(NCC(C)(C)CCO)c1cc(F)ccc1F. The quantitative estimate of drug-likeness (QED) is 0.821. The van der Waals surface area contributed by atoms with Crippen LogP contribution in [0.5, 0.6) is 0 Å². The maximum absolute atomic E-state index is 13.5. The summed E-state index contributed by atoms with van der Waals surface area (Å²) in [6.45, 7) is 6.59. The van der Waals surface area contributed by atoms with Gasteiger partial charge < -0.3 is 10.4 Å². The minimum atomic E-state index is -0.435. The third-order valence-corrected chi connectivity index (χ3v) is 3.10. The van der Waals surface area contributed by atoms with Crippen LogP contribution in [-0.2, 0) is 0 Å². The van der Waals surface area contributed by atoms with E-state index in [0.29, 0.717) is 18.5 Å². The van der Waals surface area contributed by atoms with E-state index in [1.807, 2.05) is 13.8 Å². The molecular weight excluding hydrogens is 236 g/mol. The lowest BCUT2D eigenvalue weighted by molar-refractivity contribution is 0.203. The molecule has 4 heteroatoms. The van der Waals surface area contributed by atoms with Crippen LogP contribution in [0.25, 0.3) is 0 Å². The largest absolute Gasteiger partial charge is 0.396 e. The van der Waals surface area contributed by atoms with E-state index < -0.39 is 11.6 Å². The lowest BCUT2D eigenvalue weighted by Gasteiger charge is -2.26. The predicted octanol–water partition coefficient (Wildman–Crippen LogP) is 3.02. The average molecular weight is 257 g/mol. The molecule has 0 bridgehead atoms. The maximum atomic E-state index is 13.5. The van der Waals surface area contributed by atoms with Gasteiger partial charge >= 0.3 is 0 Å². The van der Waals surface area contributed by atoms with Gasteiger partial charge in [0.1, 0.15) is 11.6 Å². The number of aliphatic hydroxyl groups excluding tert-OH is 1. The summed E-state index contributed by atoms with van der Waals surface area (Å²) in [7, 11) is 0. The summed E-state index contributed by atoms with van der Waals surface area (Å²) in [6.07, 6.45) is 0.665. The van der Waals surface area contributed by atoms with Crippen molar-refractivity contribution in [2.45, 2.75) is 33.2 Å². The van der Waals surface area contributed by atoms with Crippen LogP contribution in [0.3, 0.4) is 0 Å². The molecule has 2 N–H and O–H groups in total. The normalized spacial score (nSPS) is 13.7. The Bertz CT molecular complexity index is 393. The molecule has 0 aliphatic carbocycles. The van der Waals surface area contributed by atoms with Crippen molar-refractivity contribution in [2.24, 2.45) is 5.41 Å². The van der Waals surface area contributed by atoms with Gasteiger partial charge in [-0.15, -0.1) is 0 Å². The highest BCUT2D eigenvalue weighted by atomic mass is 19.1. The van der Waals surface area contributed by atoms with Crippen molar-refractivity contribution >= 4 is 0 Å². The fourth-order valence-corrected chi connectivity index (χ4v) is 1.78. The molecule has 1 atom stereocenters. The van der Waals surface area contributed by atoms with Crippen molar-refractivity contribution in [3.8, 4) is 0 Å². The highest BCUT2D eigenvalue weighted by molar-refractivity contribution is 5.21. The first-order chi connectivity index (χ1) is 8.35. The summed E-state index contributed by atoms with van der Waals surface area (Å²) in [5.41, 5.74) is 0.252. The summed E-state index contributed by atoms with van der Waals surface area (Å²) >= 11 is 0. The first kappa shape index (κ1) is 15.1. The zero-order valence-corrected chi connectivity index (χ0v) is 11.1. The molecule has 102 valence electrons. The molecule has 0 amide bonds. The van der Waals surface area contributed by atoms with Crippen LogP contribution in [0.15, 0.2) is 18.2 Å². The zero-order valence-electron chi connectivity index (χ0n) is 11.1. The van der Waals surface area contributed by atoms with E-state index in [-0.39, 0.29) is 18.1 Å². The third-order valence-electron chi connectivity index (χ3n) is 3.10. The molecule has 0 saturated heterocycles. The van der Waals surface area contributed by atoms with Crippen molar-refractivity contribution < 1.29 is 13.9 Å². The van der Waals surface area contributed by atoms with Gasteiger partial charge in [0.25, 0.3) is 0 Å². The van der Waals surface area contributed by atoms with Crippen molar-refractivity contribution in [1.29, 1.82) is 0 Å². The zero-order chi connectivity index (χ0) is 13.8. The highest BCUT2D eigenvalue weighted by Gasteiger charge is 2.19. The molecule has 0 aliphatic heterocycles. The van der Waals surface area contributed by atoms with Crippen LogP contribution < -0.4 is 5.32 Å². The van der Waals surface area contributed by atoms with E-state index in [0.717, 1.165) is 12.1 Å². The van der Waals surface area contributed by atoms with Crippen LogP contribution in [-0.4, -0.2) is 18.3 Å². The molecule has 2 nitrogen and oxygen atoms in total. The smallest absolute Gasteiger partial charge is 0.128 e. The van der Waals surface area contributed by atoms with E-state index in [4.69, 9.17) is 5.11 Å². The number of hydrogen-bond donors (Lipinski definition) is 2. The van der Waals surface area contributed by atoms with Crippen LogP contribution >= 0.6 is 0 Å². The molecule has 0 aliphatic rings. The fraction of sp³-hybridized carbons (Fsp3) is 0.571. The standard InChI is InChI=1S/C14H21F2NO/c1-10(17-9-14(2,3)6-7-18)12-8-11(15)4-5-13(12)16/h4-5,8,10,17-18H,6-7,9H2,1-3H3. The number of halogens is 2. The van der Waals surface area contributed by atoms with Gasteiger partial charge in [0.15, 0.2) is 0 Å². The number of rotatable bonds is 6. The number of nitrogens with one attached hydrogen (secondary N) is 1. The Morgan fingerprint density at radius 1 is 1.33 bits per heavy atom. The minimum Gasteiger partial charge on any atom is -0.396 e. The van der Waals surface area contributed by atoms with Crippen LogP contribution in [0.4, 0.5) is 8.78 Å². The number of hydrogen-bond acceptors (Lipinski definition) is 2. The molecule has 0 spiro atoms. The number of aliphatic hydroxyl groups is 1. The molecule has 1 aromatic carbocycles. The highest BCUT2D eigenvalue weighted by Crippen LogP contribution is 2.22. The summed E-state index contributed by atoms with van der Waals surface area (Å²) in [4.78, 5) is 0. The Kier molecular flexibility index (Phi) is 5.23. The summed E-state index contributed by atoms with van der Waals surface area (Å²) in [5.74, 6) is -0.842. The molecule has 0 heterocycles. The molecule has 1 unspecified atom stereocenters. The Morgan fingerprint density at radius 2 is 2.00 bits per heavy atom. The summed E-state index contributed by atoms with van der Waals surface area (Å²) < 4.78 is 26.6. The molecule has 0 saturated carbocycles. The Balaban J connectivity index is 2.65. The van der Waals surface area contributed by atoms with Crippen molar-refractivity contribution in [2.75, 3.05) is 13.2 Å². The van der Waals surface area contributed by atoms with E-state index in [9.17, 15) is 8.78 Å². The Labute approximate surface area is 107 Å². The van der Waals surface area contributed by atoms with E-state index in [2.05, 4.69) is 5.32 Å². The van der Waals surface area contributed by atoms with Gasteiger partial charge in [-0.3, -0.25) is 0 Å². The molecule has 0 radical (unpaired) electrons. The first-order valence-corrected chi connectivity index (χ1v) is 6.15. The first-order valence-electron chi connectivity index (χ1n) is 6.15. The fourth-order valence-electron chi connectivity index (χ4n) is 1.78. The molecule has 0 fully saturated rings. The van der Waals surface area contributed by atoms with Crippen molar-refractivity contribution in [3.63, 3.8) is 0 Å². The molecule has 18 heavy (non-hydrogen) atoms. The van der Waals surface area contributed by atoms with Gasteiger partial charge in [-0.25, -0.2) is 8.78 Å². The maximum Gasteiger partial charge on any atom is 0.128 e. The van der Waals surface area contributed by atoms with Gasteiger partial charge in [0, 0.05) is 24.8 Å². The van der Waals surface area contributed by atoms with E-state index in [1.165, 1.54) is 6.07 Å². The lowest BCUT2D eigenvalue weighted by Crippen LogP contribution is -2.32. The average Bonchev–Trinajstić information content (AvgIpc) is 2.29. The topological polar surface area (TPSA) is 32.3 Å². The van der Waals surface area contributed by atoms with Crippen LogP contribution in [0.2, 0.25) is 0 Å². The molecule has 0 aromatic heterocycles. The second-order valence-corrected chi connectivity index (χ2v) is 5.41. The Morgan fingerprint density at radius 3 is 2.61 bits per heavy atom. The van der Waals surface area contributed by atoms with Gasteiger partial charge in [-0.05, 0) is 37.0 Å². The lowest BCUT2D eigenvalue weighted by atomic mass is 9.89. The van der Waals surface area contributed by atoms with Gasteiger partial charge in [0.2, 0.25) is 0 Å². The second kappa shape index (κ2) is 6.25. The van der Waals surface area contributed by atoms with Gasteiger partial charge in [0.05, 0.1) is 0 Å². The minimum absolute atomic E-state index is 0.0766. The second-order valence-electron chi connectivity index (χ2n) is 5.41. The third kappa shape index (κ3) is 4.35. The van der Waals surface area contributed by atoms with Gasteiger partial charge in [-0.1, -0.05) is 13.8 Å². The molecule has 1 rings (SSSR count). The summed E-state index contributed by atoms with van der Waals surface area (Å²) in [5, 5.41) is 12.1.